The van der Waals surface area contributed by atoms with Gasteiger partial charge in [0.2, 0.25) is 10.0 Å². The Labute approximate surface area is 134 Å². The topological polar surface area (TPSA) is 64.6 Å². The summed E-state index contributed by atoms with van der Waals surface area (Å²) in [6.45, 7) is 0. The van der Waals surface area contributed by atoms with Crippen LogP contribution in [-0.2, 0) is 15.8 Å². The van der Waals surface area contributed by atoms with E-state index in [1.807, 2.05) is 0 Å². The lowest BCUT2D eigenvalue weighted by atomic mass is 10.2. The first-order valence-corrected chi connectivity index (χ1v) is 8.43. The molecule has 1 N–H and O–H groups in total. The molecule has 2 aromatic carbocycles. The summed E-state index contributed by atoms with van der Waals surface area (Å²) >= 11 is 5.86. The Balaban J connectivity index is 2.21. The zero-order valence-electron chi connectivity index (χ0n) is 12.2. The quantitative estimate of drug-likeness (QED) is 0.875. The van der Waals surface area contributed by atoms with Gasteiger partial charge in [-0.2, -0.15) is 0 Å². The minimum atomic E-state index is -3.57. The number of nitrogens with one attached hydrogen (secondary N) is 1. The molecule has 0 bridgehead atoms. The number of hydrogen-bond donors (Lipinski definition) is 1. The van der Waals surface area contributed by atoms with Gasteiger partial charge in [-0.1, -0.05) is 23.7 Å². The lowest BCUT2D eigenvalue weighted by Gasteiger charge is -2.11. The van der Waals surface area contributed by atoms with Crippen LogP contribution in [0.4, 0.5) is 5.69 Å². The van der Waals surface area contributed by atoms with Gasteiger partial charge >= 0.3 is 0 Å². The molecular weight excluding hydrogens is 326 g/mol. The summed E-state index contributed by atoms with van der Waals surface area (Å²) in [5.41, 5.74) is 0.980. The number of halogens is 1. The zero-order chi connectivity index (χ0) is 16.2. The van der Waals surface area contributed by atoms with E-state index in [1.165, 1.54) is 14.2 Å². The van der Waals surface area contributed by atoms with Gasteiger partial charge in [0, 0.05) is 23.2 Å². The third kappa shape index (κ3) is 4.54. The highest BCUT2D eigenvalue weighted by atomic mass is 35.5. The number of ether oxygens (including phenoxy) is 2. The van der Waals surface area contributed by atoms with Crippen molar-refractivity contribution in [1.29, 1.82) is 0 Å². The number of sulfonamides is 1. The van der Waals surface area contributed by atoms with Crippen molar-refractivity contribution in [2.45, 2.75) is 5.75 Å². The molecule has 0 unspecified atom stereocenters. The van der Waals surface area contributed by atoms with Crippen LogP contribution in [0.5, 0.6) is 11.5 Å². The molecule has 0 amide bonds. The van der Waals surface area contributed by atoms with Crippen LogP contribution in [-0.4, -0.2) is 22.6 Å². The molecule has 0 fully saturated rings. The van der Waals surface area contributed by atoms with E-state index in [0.29, 0.717) is 27.8 Å². The summed E-state index contributed by atoms with van der Waals surface area (Å²) < 4.78 is 37.2. The minimum absolute atomic E-state index is 0.174. The van der Waals surface area contributed by atoms with Gasteiger partial charge < -0.3 is 9.47 Å². The molecule has 2 aromatic rings. The van der Waals surface area contributed by atoms with Gasteiger partial charge in [0.1, 0.15) is 11.5 Å². The first-order valence-electron chi connectivity index (χ1n) is 6.40. The van der Waals surface area contributed by atoms with Crippen LogP contribution in [0.15, 0.2) is 42.5 Å². The van der Waals surface area contributed by atoms with Gasteiger partial charge in [-0.15, -0.1) is 0 Å². The Bertz CT molecular complexity index is 740. The third-order valence-electron chi connectivity index (χ3n) is 2.87. The average molecular weight is 342 g/mol. The van der Waals surface area contributed by atoms with Gasteiger partial charge in [0.15, 0.2) is 0 Å². The molecule has 0 aliphatic carbocycles. The smallest absolute Gasteiger partial charge is 0.236 e. The molecule has 0 aliphatic rings. The van der Waals surface area contributed by atoms with Gasteiger partial charge in [0.05, 0.1) is 25.7 Å². The van der Waals surface area contributed by atoms with Crippen molar-refractivity contribution in [3.8, 4) is 11.5 Å². The van der Waals surface area contributed by atoms with Crippen LogP contribution in [0.3, 0.4) is 0 Å². The fourth-order valence-electron chi connectivity index (χ4n) is 1.93. The highest BCUT2D eigenvalue weighted by molar-refractivity contribution is 7.91. The molecule has 0 heterocycles. The van der Waals surface area contributed by atoms with Crippen molar-refractivity contribution < 1.29 is 17.9 Å². The first-order chi connectivity index (χ1) is 10.4. The Kier molecular flexibility index (Phi) is 5.15. The van der Waals surface area contributed by atoms with Crippen molar-refractivity contribution in [2.75, 3.05) is 18.9 Å². The Hall–Kier alpha value is -1.92. The van der Waals surface area contributed by atoms with E-state index in [4.69, 9.17) is 21.1 Å². The SMILES string of the molecule is COc1cc(NS(=O)(=O)Cc2cccc(Cl)c2)cc(OC)c1. The average Bonchev–Trinajstić information content (AvgIpc) is 2.45. The summed E-state index contributed by atoms with van der Waals surface area (Å²) in [7, 11) is -0.576. The van der Waals surface area contributed by atoms with Crippen LogP contribution in [0.2, 0.25) is 5.02 Å². The van der Waals surface area contributed by atoms with Crippen LogP contribution in [0.25, 0.3) is 0 Å². The van der Waals surface area contributed by atoms with Gasteiger partial charge in [-0.3, -0.25) is 4.72 Å². The summed E-state index contributed by atoms with van der Waals surface area (Å²) in [6, 6.07) is 11.6. The van der Waals surface area contributed by atoms with Crippen molar-refractivity contribution in [1.82, 2.24) is 0 Å². The zero-order valence-corrected chi connectivity index (χ0v) is 13.7. The van der Waals surface area contributed by atoms with Crippen molar-refractivity contribution >= 4 is 27.3 Å². The molecule has 0 spiro atoms. The fraction of sp³-hybridized carbons (Fsp3) is 0.200. The van der Waals surface area contributed by atoms with Gasteiger partial charge in [-0.25, -0.2) is 8.42 Å². The molecule has 22 heavy (non-hydrogen) atoms. The van der Waals surface area contributed by atoms with Crippen LogP contribution in [0, 0.1) is 0 Å². The summed E-state index contributed by atoms with van der Waals surface area (Å²) in [6.07, 6.45) is 0. The highest BCUT2D eigenvalue weighted by Gasteiger charge is 2.13. The molecule has 2 rings (SSSR count). The monoisotopic (exact) mass is 341 g/mol. The number of benzene rings is 2. The van der Waals surface area contributed by atoms with E-state index in [2.05, 4.69) is 4.72 Å². The molecule has 0 atom stereocenters. The maximum Gasteiger partial charge on any atom is 0.236 e. The van der Waals surface area contributed by atoms with E-state index in [0.717, 1.165) is 0 Å². The number of methoxy groups -OCH3 is 2. The van der Waals surface area contributed by atoms with Gasteiger partial charge in [0.25, 0.3) is 0 Å². The minimum Gasteiger partial charge on any atom is -0.497 e. The second-order valence-electron chi connectivity index (χ2n) is 4.59. The second kappa shape index (κ2) is 6.89. The predicted octanol–water partition coefficient (Wildman–Crippen LogP) is 3.30. The summed E-state index contributed by atoms with van der Waals surface area (Å²) in [5, 5.41) is 0.496. The summed E-state index contributed by atoms with van der Waals surface area (Å²) in [5.74, 6) is 0.826. The molecule has 7 heteroatoms. The molecule has 118 valence electrons. The van der Waals surface area contributed by atoms with Crippen LogP contribution < -0.4 is 14.2 Å². The van der Waals surface area contributed by atoms with Crippen molar-refractivity contribution in [2.24, 2.45) is 0 Å². The maximum atomic E-state index is 12.2. The Morgan fingerprint density at radius 1 is 1.05 bits per heavy atom. The highest BCUT2D eigenvalue weighted by Crippen LogP contribution is 2.27. The number of hydrogen-bond acceptors (Lipinski definition) is 4. The second-order valence-corrected chi connectivity index (χ2v) is 6.75. The van der Waals surface area contributed by atoms with E-state index in [-0.39, 0.29) is 5.75 Å². The van der Waals surface area contributed by atoms with E-state index in [1.54, 1.807) is 42.5 Å². The largest absolute Gasteiger partial charge is 0.497 e. The fourth-order valence-corrected chi connectivity index (χ4v) is 3.31. The molecular formula is C15H16ClNO4S. The van der Waals surface area contributed by atoms with E-state index in [9.17, 15) is 8.42 Å². The number of anilines is 1. The molecule has 0 radical (unpaired) electrons. The normalized spacial score (nSPS) is 11.0. The van der Waals surface area contributed by atoms with Crippen molar-refractivity contribution in [3.63, 3.8) is 0 Å². The lowest BCUT2D eigenvalue weighted by Crippen LogP contribution is -2.15. The van der Waals surface area contributed by atoms with E-state index < -0.39 is 10.0 Å². The Morgan fingerprint density at radius 2 is 1.68 bits per heavy atom. The maximum absolute atomic E-state index is 12.2. The third-order valence-corrected chi connectivity index (χ3v) is 4.37. The molecule has 0 aromatic heterocycles. The van der Waals surface area contributed by atoms with Crippen LogP contribution >= 0.6 is 11.6 Å². The molecule has 5 nitrogen and oxygen atoms in total. The van der Waals surface area contributed by atoms with Crippen molar-refractivity contribution in [3.05, 3.63) is 53.1 Å². The lowest BCUT2D eigenvalue weighted by molar-refractivity contribution is 0.395. The predicted molar refractivity (Wildman–Crippen MR) is 87.2 cm³/mol. The van der Waals surface area contributed by atoms with E-state index >= 15 is 0 Å². The molecule has 0 saturated carbocycles. The first kappa shape index (κ1) is 16.5. The van der Waals surface area contributed by atoms with Crippen LogP contribution in [0.1, 0.15) is 5.56 Å². The Morgan fingerprint density at radius 3 is 2.23 bits per heavy atom. The molecule has 0 saturated heterocycles. The molecule has 0 aliphatic heterocycles. The summed E-state index contributed by atoms with van der Waals surface area (Å²) in [4.78, 5) is 0. The standard InChI is InChI=1S/C15H16ClNO4S/c1-20-14-7-13(8-15(9-14)21-2)17-22(18,19)10-11-4-3-5-12(16)6-11/h3-9,17H,10H2,1-2H3. The number of rotatable bonds is 6. The van der Waals surface area contributed by atoms with Gasteiger partial charge in [-0.05, 0) is 17.7 Å².